The summed E-state index contributed by atoms with van der Waals surface area (Å²) in [7, 11) is 0. The number of hydrogen-bond acceptors (Lipinski definition) is 5. The molecular weight excluding hydrogens is 380 g/mol. The predicted molar refractivity (Wildman–Crippen MR) is 117 cm³/mol. The summed E-state index contributed by atoms with van der Waals surface area (Å²) in [5, 5.41) is 4.36. The Balaban J connectivity index is 0.000000172. The Morgan fingerprint density at radius 2 is 1.13 bits per heavy atom. The highest BCUT2D eigenvalue weighted by Gasteiger charge is 2.05. The van der Waals surface area contributed by atoms with E-state index in [1.54, 1.807) is 19.1 Å². The molecule has 0 aliphatic rings. The van der Waals surface area contributed by atoms with E-state index in [2.05, 4.69) is 0 Å². The Morgan fingerprint density at radius 3 is 1.60 bits per heavy atom. The molecule has 0 N–H and O–H groups in total. The molecule has 0 amide bonds. The molecule has 0 radical (unpaired) electrons. The van der Waals surface area contributed by atoms with Crippen LogP contribution in [0.5, 0.6) is 11.5 Å². The molecule has 5 heteroatoms. The van der Waals surface area contributed by atoms with Crippen molar-refractivity contribution < 1.29 is 23.8 Å². The van der Waals surface area contributed by atoms with Crippen molar-refractivity contribution in [3.63, 3.8) is 0 Å². The molecule has 0 heterocycles. The van der Waals surface area contributed by atoms with Crippen LogP contribution in [0, 0.1) is 0 Å². The van der Waals surface area contributed by atoms with Crippen LogP contribution in [-0.4, -0.2) is 18.7 Å². The summed E-state index contributed by atoms with van der Waals surface area (Å²) in [6.07, 6.45) is -0.669. The SMILES string of the molecule is CC(=O)Oc1ccc2ccccc2c1.CCOC(=O)Oc1ccc2ccccc2c1. The van der Waals surface area contributed by atoms with Crippen LogP contribution < -0.4 is 9.47 Å². The second-order valence-electron chi connectivity index (χ2n) is 6.40. The van der Waals surface area contributed by atoms with E-state index in [0.29, 0.717) is 18.1 Å². The van der Waals surface area contributed by atoms with Gasteiger partial charge in [0, 0.05) is 6.92 Å². The van der Waals surface area contributed by atoms with Gasteiger partial charge in [0.05, 0.1) is 6.61 Å². The molecule has 30 heavy (non-hydrogen) atoms. The van der Waals surface area contributed by atoms with E-state index < -0.39 is 6.16 Å². The number of carbonyl (C=O) groups excluding carboxylic acids is 2. The van der Waals surface area contributed by atoms with Gasteiger partial charge in [-0.25, -0.2) is 4.79 Å². The van der Waals surface area contributed by atoms with Crippen LogP contribution in [0.4, 0.5) is 4.79 Å². The molecule has 5 nitrogen and oxygen atoms in total. The Hall–Kier alpha value is -3.86. The van der Waals surface area contributed by atoms with E-state index in [-0.39, 0.29) is 5.97 Å². The molecule has 4 aromatic carbocycles. The van der Waals surface area contributed by atoms with E-state index in [1.165, 1.54) is 6.92 Å². The van der Waals surface area contributed by atoms with Crippen molar-refractivity contribution in [3.8, 4) is 11.5 Å². The van der Waals surface area contributed by atoms with Crippen molar-refractivity contribution >= 4 is 33.7 Å². The third-order valence-corrected chi connectivity index (χ3v) is 4.17. The number of esters is 1. The van der Waals surface area contributed by atoms with Crippen molar-refractivity contribution in [3.05, 3.63) is 84.9 Å². The molecule has 0 saturated carbocycles. The Bertz CT molecular complexity index is 1170. The van der Waals surface area contributed by atoms with Crippen LogP contribution in [0.1, 0.15) is 13.8 Å². The first-order valence-corrected chi connectivity index (χ1v) is 9.56. The molecular formula is C25H22O5. The lowest BCUT2D eigenvalue weighted by molar-refractivity contribution is -0.131. The summed E-state index contributed by atoms with van der Waals surface area (Å²) >= 11 is 0. The standard InChI is InChI=1S/C13H12O3.C12H10O2/c1-2-15-13(14)16-12-8-7-10-5-3-4-6-11(10)9-12;1-9(13)14-12-7-6-10-4-2-3-5-11(10)8-12/h3-9H,2H2,1H3;2-8H,1H3. The zero-order valence-electron chi connectivity index (χ0n) is 16.8. The summed E-state index contributed by atoms with van der Waals surface area (Å²) in [6, 6.07) is 26.9. The molecule has 0 aliphatic carbocycles. The molecule has 0 saturated heterocycles. The van der Waals surface area contributed by atoms with Gasteiger partial charge in [0.1, 0.15) is 11.5 Å². The minimum atomic E-state index is -0.669. The highest BCUT2D eigenvalue weighted by atomic mass is 16.7. The summed E-state index contributed by atoms with van der Waals surface area (Å²) in [5.74, 6) is 0.800. The lowest BCUT2D eigenvalue weighted by Gasteiger charge is -2.04. The smallest absolute Gasteiger partial charge is 0.434 e. The Labute approximate surface area is 174 Å². The van der Waals surface area contributed by atoms with Crippen LogP contribution in [0.2, 0.25) is 0 Å². The number of fused-ring (bicyclic) bond motifs is 2. The fraction of sp³-hybridized carbons (Fsp3) is 0.120. The van der Waals surface area contributed by atoms with E-state index >= 15 is 0 Å². The highest BCUT2D eigenvalue weighted by Crippen LogP contribution is 2.21. The lowest BCUT2D eigenvalue weighted by Crippen LogP contribution is -2.09. The third kappa shape index (κ3) is 5.82. The summed E-state index contributed by atoms with van der Waals surface area (Å²) in [6.45, 7) is 3.45. The number of rotatable bonds is 3. The fourth-order valence-electron chi connectivity index (χ4n) is 2.87. The molecule has 0 aromatic heterocycles. The van der Waals surface area contributed by atoms with E-state index in [9.17, 15) is 9.59 Å². The van der Waals surface area contributed by atoms with Gasteiger partial charge in [-0.2, -0.15) is 0 Å². The minimum absolute atomic E-state index is 0.291. The van der Waals surface area contributed by atoms with Crippen molar-refractivity contribution in [2.75, 3.05) is 6.61 Å². The average molecular weight is 402 g/mol. The first-order valence-electron chi connectivity index (χ1n) is 9.56. The summed E-state index contributed by atoms with van der Waals surface area (Å²) in [4.78, 5) is 21.8. The Kier molecular flexibility index (Phi) is 7.00. The van der Waals surface area contributed by atoms with Gasteiger partial charge >= 0.3 is 12.1 Å². The highest BCUT2D eigenvalue weighted by molar-refractivity contribution is 5.85. The molecule has 0 atom stereocenters. The zero-order valence-corrected chi connectivity index (χ0v) is 16.8. The van der Waals surface area contributed by atoms with Crippen molar-refractivity contribution in [1.82, 2.24) is 0 Å². The van der Waals surface area contributed by atoms with Gasteiger partial charge in [0.2, 0.25) is 0 Å². The molecule has 0 aliphatic heterocycles. The quantitative estimate of drug-likeness (QED) is 0.234. The van der Waals surface area contributed by atoms with Gasteiger partial charge < -0.3 is 14.2 Å². The van der Waals surface area contributed by atoms with E-state index in [1.807, 2.05) is 72.8 Å². The maximum Gasteiger partial charge on any atom is 0.513 e. The van der Waals surface area contributed by atoms with Crippen molar-refractivity contribution in [2.24, 2.45) is 0 Å². The molecule has 0 bridgehead atoms. The van der Waals surface area contributed by atoms with Gasteiger partial charge in [-0.3, -0.25) is 4.79 Å². The minimum Gasteiger partial charge on any atom is -0.434 e. The van der Waals surface area contributed by atoms with Gasteiger partial charge in [0.25, 0.3) is 0 Å². The van der Waals surface area contributed by atoms with Gasteiger partial charge in [-0.15, -0.1) is 0 Å². The van der Waals surface area contributed by atoms with Crippen molar-refractivity contribution in [2.45, 2.75) is 13.8 Å². The van der Waals surface area contributed by atoms with Crippen LogP contribution in [0.3, 0.4) is 0 Å². The largest absolute Gasteiger partial charge is 0.513 e. The van der Waals surface area contributed by atoms with Crippen LogP contribution >= 0.6 is 0 Å². The number of ether oxygens (including phenoxy) is 3. The lowest BCUT2D eigenvalue weighted by atomic mass is 10.1. The second kappa shape index (κ2) is 10.1. The maximum absolute atomic E-state index is 11.1. The van der Waals surface area contributed by atoms with Gasteiger partial charge in [-0.05, 0) is 52.7 Å². The van der Waals surface area contributed by atoms with Crippen LogP contribution in [0.25, 0.3) is 21.5 Å². The number of benzene rings is 4. The molecule has 4 aromatic rings. The maximum atomic E-state index is 11.1. The first kappa shape index (κ1) is 20.9. The summed E-state index contributed by atoms with van der Waals surface area (Å²) < 4.78 is 14.7. The molecule has 4 rings (SSSR count). The number of hydrogen-bond donors (Lipinski definition) is 0. The molecule has 0 spiro atoms. The first-order chi connectivity index (χ1) is 14.5. The van der Waals surface area contributed by atoms with E-state index in [0.717, 1.165) is 21.5 Å². The normalized spacial score (nSPS) is 10.1. The third-order valence-electron chi connectivity index (χ3n) is 4.17. The Morgan fingerprint density at radius 1 is 0.667 bits per heavy atom. The van der Waals surface area contributed by atoms with E-state index in [4.69, 9.17) is 14.2 Å². The number of carbonyl (C=O) groups is 2. The van der Waals surface area contributed by atoms with Gasteiger partial charge in [0.15, 0.2) is 0 Å². The van der Waals surface area contributed by atoms with Crippen LogP contribution in [0.15, 0.2) is 84.9 Å². The van der Waals surface area contributed by atoms with Crippen LogP contribution in [-0.2, 0) is 9.53 Å². The summed E-state index contributed by atoms with van der Waals surface area (Å²) in [5.41, 5.74) is 0. The monoisotopic (exact) mass is 402 g/mol. The predicted octanol–water partition coefficient (Wildman–Crippen LogP) is 6.14. The van der Waals surface area contributed by atoms with Gasteiger partial charge in [-0.1, -0.05) is 60.7 Å². The molecule has 0 unspecified atom stereocenters. The molecule has 0 fully saturated rings. The average Bonchev–Trinajstić information content (AvgIpc) is 2.74. The fourth-order valence-corrected chi connectivity index (χ4v) is 2.87. The topological polar surface area (TPSA) is 61.8 Å². The zero-order chi connectivity index (χ0) is 21.3. The van der Waals surface area contributed by atoms with Crippen molar-refractivity contribution in [1.29, 1.82) is 0 Å². The molecule has 152 valence electrons. The second-order valence-corrected chi connectivity index (χ2v) is 6.40.